The fraction of sp³-hybridized carbons (Fsp3) is 0.429. The molecule has 5 nitrogen and oxygen atoms in total. The van der Waals surface area contributed by atoms with Crippen LogP contribution in [0, 0.1) is 0 Å². The van der Waals surface area contributed by atoms with E-state index in [1.165, 1.54) is 33.0 Å². The summed E-state index contributed by atoms with van der Waals surface area (Å²) in [4.78, 5) is 30.7. The molecule has 0 aliphatic carbocycles. The second kappa shape index (κ2) is 7.77. The molecule has 1 fully saturated rings. The third-order valence-corrected chi connectivity index (χ3v) is 5.43. The molecular weight excluding hydrogens is 326 g/mol. The van der Waals surface area contributed by atoms with Gasteiger partial charge in [0.1, 0.15) is 0 Å². The summed E-state index contributed by atoms with van der Waals surface area (Å²) in [7, 11) is 1.63. The predicted molar refractivity (Wildman–Crippen MR) is 104 cm³/mol. The fourth-order valence-corrected chi connectivity index (χ4v) is 3.85. The molecule has 1 aliphatic heterocycles. The number of para-hydroxylation sites is 1. The first-order chi connectivity index (χ1) is 12.5. The van der Waals surface area contributed by atoms with Crippen LogP contribution in [0.2, 0.25) is 0 Å². The zero-order chi connectivity index (χ0) is 18.7. The molecular formula is C21H27N3O2. The number of nitrogens with one attached hydrogen (secondary N) is 1. The van der Waals surface area contributed by atoms with Crippen molar-refractivity contribution in [1.29, 1.82) is 0 Å². The maximum Gasteiger partial charge on any atom is 0.246 e. The number of rotatable bonds is 5. The van der Waals surface area contributed by atoms with E-state index in [1.54, 1.807) is 7.05 Å². The predicted octanol–water partition coefficient (Wildman–Crippen LogP) is 3.08. The molecule has 1 saturated heterocycles. The van der Waals surface area contributed by atoms with Gasteiger partial charge in [0.25, 0.3) is 0 Å². The fourth-order valence-electron chi connectivity index (χ4n) is 3.85. The number of benzene rings is 1. The SMILES string of the molecule is C=CC(=O)N(C)CC(=O)N1CCC(c2c[nH]c3c(CC)cccc23)CC1. The number of carbonyl (C=O) groups is 2. The Labute approximate surface area is 154 Å². The van der Waals surface area contributed by atoms with E-state index < -0.39 is 0 Å². The van der Waals surface area contributed by atoms with Crippen LogP contribution in [0.4, 0.5) is 0 Å². The van der Waals surface area contributed by atoms with E-state index in [2.05, 4.69) is 42.9 Å². The average Bonchev–Trinajstić information content (AvgIpc) is 3.11. The molecule has 2 aromatic rings. The number of fused-ring (bicyclic) bond motifs is 1. The highest BCUT2D eigenvalue weighted by atomic mass is 16.2. The van der Waals surface area contributed by atoms with Crippen molar-refractivity contribution in [2.24, 2.45) is 0 Å². The molecule has 5 heteroatoms. The van der Waals surface area contributed by atoms with Gasteiger partial charge in [-0.1, -0.05) is 31.7 Å². The summed E-state index contributed by atoms with van der Waals surface area (Å²) >= 11 is 0. The van der Waals surface area contributed by atoms with Crippen molar-refractivity contribution in [3.8, 4) is 0 Å². The second-order valence-corrected chi connectivity index (χ2v) is 6.99. The molecule has 3 rings (SSSR count). The summed E-state index contributed by atoms with van der Waals surface area (Å²) in [6.07, 6.45) is 6.30. The van der Waals surface area contributed by atoms with Crippen molar-refractivity contribution < 1.29 is 9.59 Å². The Morgan fingerprint density at radius 2 is 2.08 bits per heavy atom. The Morgan fingerprint density at radius 1 is 1.35 bits per heavy atom. The van der Waals surface area contributed by atoms with Crippen molar-refractivity contribution in [1.82, 2.24) is 14.8 Å². The molecule has 0 bridgehead atoms. The number of nitrogens with zero attached hydrogens (tertiary/aromatic N) is 2. The van der Waals surface area contributed by atoms with Crippen LogP contribution < -0.4 is 0 Å². The number of piperidine rings is 1. The Hall–Kier alpha value is -2.56. The summed E-state index contributed by atoms with van der Waals surface area (Å²) in [5.74, 6) is 0.250. The van der Waals surface area contributed by atoms with Crippen LogP contribution in [0.3, 0.4) is 0 Å². The summed E-state index contributed by atoms with van der Waals surface area (Å²) in [5.41, 5.74) is 3.95. The maximum absolute atomic E-state index is 12.4. The van der Waals surface area contributed by atoms with Gasteiger partial charge in [0.2, 0.25) is 11.8 Å². The lowest BCUT2D eigenvalue weighted by atomic mass is 9.88. The topological polar surface area (TPSA) is 56.4 Å². The van der Waals surface area contributed by atoms with Gasteiger partial charge >= 0.3 is 0 Å². The van der Waals surface area contributed by atoms with Crippen LogP contribution in [0.25, 0.3) is 10.9 Å². The highest BCUT2D eigenvalue weighted by Crippen LogP contribution is 2.34. The van der Waals surface area contributed by atoms with E-state index in [0.29, 0.717) is 5.92 Å². The lowest BCUT2D eigenvalue weighted by molar-refractivity contribution is -0.138. The zero-order valence-corrected chi connectivity index (χ0v) is 15.6. The summed E-state index contributed by atoms with van der Waals surface area (Å²) < 4.78 is 0. The average molecular weight is 353 g/mol. The van der Waals surface area contributed by atoms with Crippen LogP contribution in [-0.4, -0.2) is 53.3 Å². The highest BCUT2D eigenvalue weighted by molar-refractivity contribution is 5.90. The van der Waals surface area contributed by atoms with Crippen LogP contribution in [0.5, 0.6) is 0 Å². The molecule has 0 unspecified atom stereocenters. The normalized spacial score (nSPS) is 15.2. The third-order valence-electron chi connectivity index (χ3n) is 5.43. The smallest absolute Gasteiger partial charge is 0.246 e. The van der Waals surface area contributed by atoms with Gasteiger partial charge in [-0.15, -0.1) is 0 Å². The minimum absolute atomic E-state index is 0.00773. The molecule has 0 spiro atoms. The number of hydrogen-bond acceptors (Lipinski definition) is 2. The first-order valence-corrected chi connectivity index (χ1v) is 9.29. The Kier molecular flexibility index (Phi) is 5.45. The van der Waals surface area contributed by atoms with Crippen LogP contribution >= 0.6 is 0 Å². The molecule has 2 amide bonds. The summed E-state index contributed by atoms with van der Waals surface area (Å²) in [6.45, 7) is 7.22. The van der Waals surface area contributed by atoms with Crippen molar-refractivity contribution in [2.75, 3.05) is 26.7 Å². The van der Waals surface area contributed by atoms with Gasteiger partial charge in [0, 0.05) is 37.2 Å². The molecule has 1 aromatic carbocycles. The molecule has 0 atom stereocenters. The number of likely N-dealkylation sites (tertiary alicyclic amines) is 1. The maximum atomic E-state index is 12.4. The van der Waals surface area contributed by atoms with E-state index in [9.17, 15) is 9.59 Å². The third kappa shape index (κ3) is 3.52. The summed E-state index contributed by atoms with van der Waals surface area (Å²) in [6, 6.07) is 6.49. The molecule has 0 saturated carbocycles. The Balaban J connectivity index is 1.65. The van der Waals surface area contributed by atoms with Crippen molar-refractivity contribution in [2.45, 2.75) is 32.1 Å². The monoisotopic (exact) mass is 353 g/mol. The Bertz CT molecular complexity index is 816. The van der Waals surface area contributed by atoms with Crippen LogP contribution in [0.1, 0.15) is 36.8 Å². The van der Waals surface area contributed by atoms with Gasteiger partial charge in [-0.25, -0.2) is 0 Å². The first-order valence-electron chi connectivity index (χ1n) is 9.29. The van der Waals surface area contributed by atoms with Gasteiger partial charge in [0.15, 0.2) is 0 Å². The van der Waals surface area contributed by atoms with Crippen molar-refractivity contribution >= 4 is 22.7 Å². The highest BCUT2D eigenvalue weighted by Gasteiger charge is 2.26. The molecule has 0 radical (unpaired) electrons. The van der Waals surface area contributed by atoms with Crippen molar-refractivity contribution in [3.05, 3.63) is 48.2 Å². The lowest BCUT2D eigenvalue weighted by Gasteiger charge is -2.33. The second-order valence-electron chi connectivity index (χ2n) is 6.99. The molecule has 1 N–H and O–H groups in total. The van der Waals surface area contributed by atoms with E-state index in [1.807, 2.05) is 4.90 Å². The van der Waals surface area contributed by atoms with Gasteiger partial charge in [-0.3, -0.25) is 9.59 Å². The quantitative estimate of drug-likeness (QED) is 0.840. The standard InChI is InChI=1S/C21H27N3O2/c1-4-15-7-6-8-17-18(13-22-21(15)17)16-9-11-24(12-10-16)20(26)14-23(3)19(25)5-2/h5-8,13,16,22H,2,4,9-12,14H2,1,3H3. The number of likely N-dealkylation sites (N-methyl/N-ethyl adjacent to an activating group) is 1. The number of hydrogen-bond donors (Lipinski definition) is 1. The number of amides is 2. The molecule has 1 aromatic heterocycles. The first kappa shape index (κ1) is 18.2. The van der Waals surface area contributed by atoms with E-state index in [-0.39, 0.29) is 18.4 Å². The molecule has 1 aliphatic rings. The molecule has 26 heavy (non-hydrogen) atoms. The van der Waals surface area contributed by atoms with Gasteiger partial charge in [-0.2, -0.15) is 0 Å². The number of aromatic amines is 1. The molecule has 2 heterocycles. The zero-order valence-electron chi connectivity index (χ0n) is 15.6. The minimum atomic E-state index is -0.223. The van der Waals surface area contributed by atoms with Crippen LogP contribution in [0.15, 0.2) is 37.1 Å². The van der Waals surface area contributed by atoms with Crippen LogP contribution in [-0.2, 0) is 16.0 Å². The van der Waals surface area contributed by atoms with E-state index in [0.717, 1.165) is 32.4 Å². The number of aromatic nitrogens is 1. The van der Waals surface area contributed by atoms with E-state index >= 15 is 0 Å². The molecule has 138 valence electrons. The van der Waals surface area contributed by atoms with Gasteiger partial charge in [-0.05, 0) is 42.4 Å². The Morgan fingerprint density at radius 3 is 2.73 bits per heavy atom. The van der Waals surface area contributed by atoms with Gasteiger partial charge in [0.05, 0.1) is 6.54 Å². The van der Waals surface area contributed by atoms with Gasteiger partial charge < -0.3 is 14.8 Å². The lowest BCUT2D eigenvalue weighted by Crippen LogP contribution is -2.44. The van der Waals surface area contributed by atoms with Crippen molar-refractivity contribution in [3.63, 3.8) is 0 Å². The number of carbonyl (C=O) groups excluding carboxylic acids is 2. The number of H-pyrrole nitrogens is 1. The summed E-state index contributed by atoms with van der Waals surface area (Å²) in [5, 5.41) is 1.31. The number of aryl methyl sites for hydroxylation is 1. The minimum Gasteiger partial charge on any atom is -0.361 e. The van der Waals surface area contributed by atoms with E-state index in [4.69, 9.17) is 0 Å². The largest absolute Gasteiger partial charge is 0.361 e.